The number of nitrogens with zero attached hydrogens (tertiary/aromatic N) is 2. The number of methoxy groups -OCH3 is 2. The molecule has 6 heteroatoms. The Morgan fingerprint density at radius 3 is 2.64 bits per heavy atom. The predicted octanol–water partition coefficient (Wildman–Crippen LogP) is 3.54. The monoisotopic (exact) mass is 379 g/mol. The van der Waals surface area contributed by atoms with Crippen LogP contribution in [0.4, 0.5) is 0 Å². The van der Waals surface area contributed by atoms with Crippen molar-refractivity contribution in [3.63, 3.8) is 0 Å². The first-order valence-electron chi connectivity index (χ1n) is 9.12. The number of nitrogens with one attached hydrogen (secondary N) is 1. The molecule has 1 N–H and O–H groups in total. The molecule has 0 unspecified atom stereocenters. The topological polar surface area (TPSA) is 65.4 Å². The van der Waals surface area contributed by atoms with Crippen LogP contribution in [0.25, 0.3) is 16.9 Å². The van der Waals surface area contributed by atoms with Crippen LogP contribution >= 0.6 is 0 Å². The summed E-state index contributed by atoms with van der Waals surface area (Å²) < 4.78 is 12.0. The molecular weight excluding hydrogens is 354 g/mol. The highest BCUT2D eigenvalue weighted by molar-refractivity contribution is 5.94. The van der Waals surface area contributed by atoms with E-state index in [0.29, 0.717) is 24.5 Å². The van der Waals surface area contributed by atoms with Gasteiger partial charge >= 0.3 is 0 Å². The fraction of sp³-hybridized carbons (Fsp3) is 0.273. The van der Waals surface area contributed by atoms with Gasteiger partial charge in [-0.15, -0.1) is 0 Å². The van der Waals surface area contributed by atoms with Crippen molar-refractivity contribution in [1.29, 1.82) is 0 Å². The highest BCUT2D eigenvalue weighted by Gasteiger charge is 2.18. The number of aromatic nitrogens is 2. The Morgan fingerprint density at radius 1 is 1.11 bits per heavy atom. The van der Waals surface area contributed by atoms with Gasteiger partial charge in [0.15, 0.2) is 0 Å². The van der Waals surface area contributed by atoms with Crippen molar-refractivity contribution >= 4 is 5.91 Å². The van der Waals surface area contributed by atoms with Crippen LogP contribution in [-0.4, -0.2) is 43.1 Å². The van der Waals surface area contributed by atoms with Crippen molar-refractivity contribution in [2.75, 3.05) is 27.4 Å². The maximum absolute atomic E-state index is 12.8. The van der Waals surface area contributed by atoms with Crippen LogP contribution in [0.1, 0.15) is 21.6 Å². The summed E-state index contributed by atoms with van der Waals surface area (Å²) in [4.78, 5) is 12.8. The summed E-state index contributed by atoms with van der Waals surface area (Å²) in [5.41, 5.74) is 5.14. The van der Waals surface area contributed by atoms with E-state index < -0.39 is 0 Å². The molecule has 0 fully saturated rings. The first-order valence-corrected chi connectivity index (χ1v) is 9.12. The van der Waals surface area contributed by atoms with Gasteiger partial charge in [0.1, 0.15) is 11.4 Å². The Labute approximate surface area is 165 Å². The standard InChI is InChI=1S/C22H25N3O3/c1-15-8-9-20(16(2)12-15)25-21(22(26)23-10-11-27-3)14-19(24-25)17-6-5-7-18(13-17)28-4/h5-9,12-14H,10-11H2,1-4H3,(H,23,26). The van der Waals surface area contributed by atoms with Crippen LogP contribution in [0.15, 0.2) is 48.5 Å². The molecule has 3 aromatic rings. The summed E-state index contributed by atoms with van der Waals surface area (Å²) in [5, 5.41) is 7.61. The number of ether oxygens (including phenoxy) is 2. The zero-order chi connectivity index (χ0) is 20.1. The molecule has 0 bridgehead atoms. The van der Waals surface area contributed by atoms with Gasteiger partial charge in [-0.1, -0.05) is 29.8 Å². The molecule has 0 aliphatic heterocycles. The van der Waals surface area contributed by atoms with E-state index in [0.717, 1.165) is 28.1 Å². The highest BCUT2D eigenvalue weighted by atomic mass is 16.5. The fourth-order valence-electron chi connectivity index (χ4n) is 3.05. The average Bonchev–Trinajstić information content (AvgIpc) is 3.13. The van der Waals surface area contributed by atoms with Gasteiger partial charge in [-0.25, -0.2) is 4.68 Å². The molecule has 3 rings (SSSR count). The van der Waals surface area contributed by atoms with E-state index >= 15 is 0 Å². The van der Waals surface area contributed by atoms with Gasteiger partial charge in [0.05, 0.1) is 25.1 Å². The number of hydrogen-bond acceptors (Lipinski definition) is 4. The molecule has 2 aromatic carbocycles. The lowest BCUT2D eigenvalue weighted by Crippen LogP contribution is -2.29. The van der Waals surface area contributed by atoms with E-state index in [1.807, 2.05) is 50.2 Å². The third kappa shape index (κ3) is 4.23. The molecule has 28 heavy (non-hydrogen) atoms. The fourth-order valence-corrected chi connectivity index (χ4v) is 3.05. The summed E-state index contributed by atoms with van der Waals surface area (Å²) in [7, 11) is 3.23. The van der Waals surface area contributed by atoms with Crippen LogP contribution in [0, 0.1) is 13.8 Å². The number of aryl methyl sites for hydroxylation is 2. The summed E-state index contributed by atoms with van der Waals surface area (Å²) >= 11 is 0. The Balaban J connectivity index is 2.07. The lowest BCUT2D eigenvalue weighted by atomic mass is 10.1. The molecule has 0 radical (unpaired) electrons. The van der Waals surface area contributed by atoms with Crippen molar-refractivity contribution in [2.24, 2.45) is 0 Å². The minimum atomic E-state index is -0.196. The molecular formula is C22H25N3O3. The number of benzene rings is 2. The maximum Gasteiger partial charge on any atom is 0.270 e. The lowest BCUT2D eigenvalue weighted by molar-refractivity contribution is 0.0929. The molecule has 0 aliphatic carbocycles. The molecule has 1 amide bonds. The van der Waals surface area contributed by atoms with Gasteiger partial charge in [-0.05, 0) is 43.7 Å². The van der Waals surface area contributed by atoms with Gasteiger partial charge in [0.25, 0.3) is 5.91 Å². The largest absolute Gasteiger partial charge is 0.497 e. The Hall–Kier alpha value is -3.12. The molecule has 1 aromatic heterocycles. The first kappa shape index (κ1) is 19.6. The third-order valence-corrected chi connectivity index (χ3v) is 4.48. The minimum absolute atomic E-state index is 0.196. The first-order chi connectivity index (χ1) is 13.5. The predicted molar refractivity (Wildman–Crippen MR) is 109 cm³/mol. The van der Waals surface area contributed by atoms with Crippen LogP contribution in [0.2, 0.25) is 0 Å². The van der Waals surface area contributed by atoms with Gasteiger partial charge < -0.3 is 14.8 Å². The molecule has 0 atom stereocenters. The third-order valence-electron chi connectivity index (χ3n) is 4.48. The van der Waals surface area contributed by atoms with E-state index in [1.165, 1.54) is 0 Å². The quantitative estimate of drug-likeness (QED) is 0.638. The van der Waals surface area contributed by atoms with E-state index in [-0.39, 0.29) is 5.91 Å². The molecule has 0 saturated heterocycles. The van der Waals surface area contributed by atoms with Crippen molar-refractivity contribution in [2.45, 2.75) is 13.8 Å². The number of rotatable bonds is 7. The van der Waals surface area contributed by atoms with E-state index in [4.69, 9.17) is 14.6 Å². The molecule has 146 valence electrons. The molecule has 1 heterocycles. The Bertz CT molecular complexity index is 979. The minimum Gasteiger partial charge on any atom is -0.497 e. The second-order valence-corrected chi connectivity index (χ2v) is 6.60. The Morgan fingerprint density at radius 2 is 1.93 bits per heavy atom. The number of carbonyl (C=O) groups excluding carboxylic acids is 1. The van der Waals surface area contributed by atoms with Crippen molar-refractivity contribution in [3.05, 3.63) is 65.4 Å². The SMILES string of the molecule is COCCNC(=O)c1cc(-c2cccc(OC)c2)nn1-c1ccc(C)cc1C. The summed E-state index contributed by atoms with van der Waals surface area (Å²) in [5.74, 6) is 0.545. The van der Waals surface area contributed by atoms with Crippen LogP contribution in [0.3, 0.4) is 0 Å². The van der Waals surface area contributed by atoms with Crippen molar-refractivity contribution < 1.29 is 14.3 Å². The summed E-state index contributed by atoms with van der Waals surface area (Å²) in [6, 6.07) is 15.5. The van der Waals surface area contributed by atoms with Crippen LogP contribution in [-0.2, 0) is 4.74 Å². The second-order valence-electron chi connectivity index (χ2n) is 6.60. The Kier molecular flexibility index (Phi) is 6.11. The van der Waals surface area contributed by atoms with Gasteiger partial charge in [0, 0.05) is 19.2 Å². The molecule has 0 saturated carbocycles. The smallest absolute Gasteiger partial charge is 0.270 e. The zero-order valence-corrected chi connectivity index (χ0v) is 16.7. The molecule has 0 aliphatic rings. The summed E-state index contributed by atoms with van der Waals surface area (Å²) in [6.07, 6.45) is 0. The van der Waals surface area contributed by atoms with E-state index in [1.54, 1.807) is 25.0 Å². The highest BCUT2D eigenvalue weighted by Crippen LogP contribution is 2.26. The number of amides is 1. The zero-order valence-electron chi connectivity index (χ0n) is 16.7. The van der Waals surface area contributed by atoms with Crippen molar-refractivity contribution in [3.8, 4) is 22.7 Å². The van der Waals surface area contributed by atoms with Gasteiger partial charge in [0.2, 0.25) is 0 Å². The maximum atomic E-state index is 12.8. The van der Waals surface area contributed by atoms with E-state index in [2.05, 4.69) is 11.4 Å². The van der Waals surface area contributed by atoms with E-state index in [9.17, 15) is 4.79 Å². The lowest BCUT2D eigenvalue weighted by Gasteiger charge is -2.11. The van der Waals surface area contributed by atoms with Gasteiger partial charge in [-0.3, -0.25) is 4.79 Å². The average molecular weight is 379 g/mol. The molecule has 6 nitrogen and oxygen atoms in total. The second kappa shape index (κ2) is 8.71. The van der Waals surface area contributed by atoms with Crippen LogP contribution in [0.5, 0.6) is 5.75 Å². The van der Waals surface area contributed by atoms with Crippen molar-refractivity contribution in [1.82, 2.24) is 15.1 Å². The molecule has 0 spiro atoms. The van der Waals surface area contributed by atoms with Crippen LogP contribution < -0.4 is 10.1 Å². The number of carbonyl (C=O) groups is 1. The normalized spacial score (nSPS) is 10.7. The number of hydrogen-bond donors (Lipinski definition) is 1. The summed E-state index contributed by atoms with van der Waals surface area (Å²) in [6.45, 7) is 4.94. The van der Waals surface area contributed by atoms with Gasteiger partial charge in [-0.2, -0.15) is 5.10 Å².